The van der Waals surface area contributed by atoms with Crippen molar-refractivity contribution in [3.05, 3.63) is 34.4 Å². The number of benzene rings is 1. The van der Waals surface area contributed by atoms with Crippen molar-refractivity contribution in [3.8, 4) is 0 Å². The molecule has 102 valence electrons. The summed E-state index contributed by atoms with van der Waals surface area (Å²) in [5.41, 5.74) is 5.38. The minimum Gasteiger partial charge on any atom is -0.375 e. The molecular weight excluding hydrogens is 222 g/mol. The lowest BCUT2D eigenvalue weighted by molar-refractivity contribution is -0.00898. The molecule has 2 nitrogen and oxygen atoms in total. The number of hydrogen-bond acceptors (Lipinski definition) is 2. The summed E-state index contributed by atoms with van der Waals surface area (Å²) >= 11 is 0. The maximum absolute atomic E-state index is 5.68. The maximum atomic E-state index is 5.68. The van der Waals surface area contributed by atoms with Crippen LogP contribution in [-0.2, 0) is 11.3 Å². The molecule has 0 fully saturated rings. The van der Waals surface area contributed by atoms with Crippen LogP contribution in [0.3, 0.4) is 0 Å². The maximum Gasteiger partial charge on any atom is 0.0750 e. The molecule has 1 aromatic rings. The summed E-state index contributed by atoms with van der Waals surface area (Å²) in [5.74, 6) is 0. The molecule has 0 atom stereocenters. The highest BCUT2D eigenvalue weighted by atomic mass is 16.5. The zero-order valence-corrected chi connectivity index (χ0v) is 12.7. The predicted octanol–water partition coefficient (Wildman–Crippen LogP) is 3.52. The van der Waals surface area contributed by atoms with Crippen molar-refractivity contribution < 1.29 is 4.74 Å². The summed E-state index contributed by atoms with van der Waals surface area (Å²) in [6, 6.07) is 4.55. The molecule has 0 saturated heterocycles. The van der Waals surface area contributed by atoms with Gasteiger partial charge in [-0.2, -0.15) is 0 Å². The Morgan fingerprint density at radius 2 is 1.67 bits per heavy atom. The Bertz CT molecular complexity index is 396. The van der Waals surface area contributed by atoms with Gasteiger partial charge in [0.2, 0.25) is 0 Å². The topological polar surface area (TPSA) is 21.3 Å². The van der Waals surface area contributed by atoms with E-state index in [4.69, 9.17) is 4.74 Å². The molecule has 0 aromatic heterocycles. The van der Waals surface area contributed by atoms with Crippen LogP contribution in [-0.4, -0.2) is 18.8 Å². The molecule has 0 saturated carbocycles. The summed E-state index contributed by atoms with van der Waals surface area (Å²) in [6.07, 6.45) is 0. The highest BCUT2D eigenvalue weighted by Crippen LogP contribution is 2.15. The van der Waals surface area contributed by atoms with Gasteiger partial charge in [0.1, 0.15) is 0 Å². The highest BCUT2D eigenvalue weighted by Gasteiger charge is 2.16. The van der Waals surface area contributed by atoms with Gasteiger partial charge in [0.25, 0.3) is 0 Å². The lowest BCUT2D eigenvalue weighted by Crippen LogP contribution is -2.37. The Kier molecular flexibility index (Phi) is 5.36. The molecule has 0 bridgehead atoms. The van der Waals surface area contributed by atoms with Crippen molar-refractivity contribution >= 4 is 0 Å². The van der Waals surface area contributed by atoms with Gasteiger partial charge in [-0.05, 0) is 63.8 Å². The van der Waals surface area contributed by atoms with Gasteiger partial charge in [-0.15, -0.1) is 0 Å². The average molecular weight is 249 g/mol. The predicted molar refractivity (Wildman–Crippen MR) is 78.1 cm³/mol. The van der Waals surface area contributed by atoms with Crippen LogP contribution in [0, 0.1) is 20.8 Å². The number of hydrogen-bond donors (Lipinski definition) is 1. The Morgan fingerprint density at radius 1 is 1.06 bits per heavy atom. The molecule has 0 heterocycles. The summed E-state index contributed by atoms with van der Waals surface area (Å²) in [6.45, 7) is 15.3. The summed E-state index contributed by atoms with van der Waals surface area (Å²) in [7, 11) is 0. The van der Waals surface area contributed by atoms with Crippen molar-refractivity contribution in [2.75, 3.05) is 13.2 Å². The molecule has 18 heavy (non-hydrogen) atoms. The number of rotatable bonds is 6. The molecule has 0 spiro atoms. The van der Waals surface area contributed by atoms with E-state index in [1.54, 1.807) is 0 Å². The van der Waals surface area contributed by atoms with E-state index < -0.39 is 0 Å². The Labute approximate surface area is 112 Å². The van der Waals surface area contributed by atoms with E-state index in [1.807, 2.05) is 6.92 Å². The molecule has 1 rings (SSSR count). The van der Waals surface area contributed by atoms with Gasteiger partial charge in [0.15, 0.2) is 0 Å². The first-order chi connectivity index (χ1) is 8.35. The average Bonchev–Trinajstić information content (AvgIpc) is 2.25. The minimum atomic E-state index is -0.0948. The number of aryl methyl sites for hydroxylation is 3. The first kappa shape index (κ1) is 15.2. The van der Waals surface area contributed by atoms with Gasteiger partial charge in [-0.3, -0.25) is 0 Å². The van der Waals surface area contributed by atoms with E-state index in [-0.39, 0.29) is 5.60 Å². The Morgan fingerprint density at radius 3 is 2.28 bits per heavy atom. The van der Waals surface area contributed by atoms with E-state index >= 15 is 0 Å². The third-order valence-corrected chi connectivity index (χ3v) is 3.35. The fourth-order valence-corrected chi connectivity index (χ4v) is 2.15. The Balaban J connectivity index is 2.57. The minimum absolute atomic E-state index is 0.0948. The molecular formula is C16H27NO. The van der Waals surface area contributed by atoms with Gasteiger partial charge >= 0.3 is 0 Å². The summed E-state index contributed by atoms with van der Waals surface area (Å²) in [4.78, 5) is 0. The smallest absolute Gasteiger partial charge is 0.0750 e. The van der Waals surface area contributed by atoms with Crippen LogP contribution in [0.1, 0.15) is 43.0 Å². The zero-order valence-electron chi connectivity index (χ0n) is 12.7. The van der Waals surface area contributed by atoms with Crippen molar-refractivity contribution in [1.29, 1.82) is 0 Å². The third kappa shape index (κ3) is 4.43. The van der Waals surface area contributed by atoms with Gasteiger partial charge in [-0.1, -0.05) is 12.1 Å². The first-order valence-electron chi connectivity index (χ1n) is 6.77. The van der Waals surface area contributed by atoms with E-state index in [0.717, 1.165) is 19.7 Å². The summed E-state index contributed by atoms with van der Waals surface area (Å²) < 4.78 is 5.68. The van der Waals surface area contributed by atoms with Gasteiger partial charge in [-0.25, -0.2) is 0 Å². The molecule has 0 unspecified atom stereocenters. The van der Waals surface area contributed by atoms with Crippen LogP contribution >= 0.6 is 0 Å². The van der Waals surface area contributed by atoms with E-state index in [9.17, 15) is 0 Å². The molecule has 0 amide bonds. The van der Waals surface area contributed by atoms with Crippen molar-refractivity contribution in [1.82, 2.24) is 5.32 Å². The monoisotopic (exact) mass is 249 g/mol. The highest BCUT2D eigenvalue weighted by molar-refractivity contribution is 5.36. The number of nitrogens with one attached hydrogen (secondary N) is 1. The standard InChI is InChI=1S/C16H27NO/c1-7-18-16(5,6)11-17-10-15-9-13(3)12(2)8-14(15)4/h8-9,17H,7,10-11H2,1-6H3. The quantitative estimate of drug-likeness (QED) is 0.833. The normalized spacial score (nSPS) is 11.9. The molecule has 1 N–H and O–H groups in total. The number of ether oxygens (including phenoxy) is 1. The van der Waals surface area contributed by atoms with Crippen molar-refractivity contribution in [2.45, 2.75) is 53.7 Å². The fourth-order valence-electron chi connectivity index (χ4n) is 2.15. The van der Waals surface area contributed by atoms with Gasteiger partial charge in [0, 0.05) is 19.7 Å². The molecule has 0 radical (unpaired) electrons. The second kappa shape index (κ2) is 6.35. The second-order valence-corrected chi connectivity index (χ2v) is 5.66. The summed E-state index contributed by atoms with van der Waals surface area (Å²) in [5, 5.41) is 3.49. The van der Waals surface area contributed by atoms with Gasteiger partial charge < -0.3 is 10.1 Å². The van der Waals surface area contributed by atoms with Crippen LogP contribution in [0.2, 0.25) is 0 Å². The van der Waals surface area contributed by atoms with E-state index in [2.05, 4.69) is 52.1 Å². The SMILES string of the molecule is CCOC(C)(C)CNCc1cc(C)c(C)cc1C. The largest absolute Gasteiger partial charge is 0.375 e. The molecule has 1 aromatic carbocycles. The van der Waals surface area contributed by atoms with Crippen LogP contribution in [0.15, 0.2) is 12.1 Å². The van der Waals surface area contributed by atoms with Crippen LogP contribution in [0.4, 0.5) is 0 Å². The lowest BCUT2D eigenvalue weighted by atomic mass is 10.0. The van der Waals surface area contributed by atoms with Crippen molar-refractivity contribution in [3.63, 3.8) is 0 Å². The van der Waals surface area contributed by atoms with Crippen LogP contribution < -0.4 is 5.32 Å². The van der Waals surface area contributed by atoms with E-state index in [1.165, 1.54) is 22.3 Å². The third-order valence-electron chi connectivity index (χ3n) is 3.35. The second-order valence-electron chi connectivity index (χ2n) is 5.66. The van der Waals surface area contributed by atoms with Gasteiger partial charge in [0.05, 0.1) is 5.60 Å². The first-order valence-corrected chi connectivity index (χ1v) is 6.77. The molecule has 0 aliphatic carbocycles. The van der Waals surface area contributed by atoms with Crippen LogP contribution in [0.25, 0.3) is 0 Å². The van der Waals surface area contributed by atoms with Crippen molar-refractivity contribution in [2.24, 2.45) is 0 Å². The van der Waals surface area contributed by atoms with Crippen LogP contribution in [0.5, 0.6) is 0 Å². The van der Waals surface area contributed by atoms with E-state index in [0.29, 0.717) is 0 Å². The molecule has 0 aliphatic rings. The Hall–Kier alpha value is -0.860. The fraction of sp³-hybridized carbons (Fsp3) is 0.625. The molecule has 0 aliphatic heterocycles. The molecule has 2 heteroatoms. The lowest BCUT2D eigenvalue weighted by Gasteiger charge is -2.25. The zero-order chi connectivity index (χ0) is 13.8.